The smallest absolute Gasteiger partial charge is 0.251 e. The first-order valence-corrected chi connectivity index (χ1v) is 10.1. The Kier molecular flexibility index (Phi) is 7.37. The van der Waals surface area contributed by atoms with Crippen LogP contribution in [0.1, 0.15) is 24.2 Å². The highest BCUT2D eigenvalue weighted by atomic mass is 32.2. The number of ether oxygens (including phenoxy) is 1. The minimum Gasteiger partial charge on any atom is -0.379 e. The quantitative estimate of drug-likeness (QED) is 0.733. The predicted molar refractivity (Wildman–Crippen MR) is 96.1 cm³/mol. The van der Waals surface area contributed by atoms with Crippen molar-refractivity contribution in [3.63, 3.8) is 0 Å². The maximum atomic E-state index is 12.6. The van der Waals surface area contributed by atoms with Gasteiger partial charge in [0.2, 0.25) is 10.0 Å². The lowest BCUT2D eigenvalue weighted by molar-refractivity contribution is 0.0383. The van der Waals surface area contributed by atoms with Crippen molar-refractivity contribution in [1.29, 1.82) is 0 Å². The van der Waals surface area contributed by atoms with Crippen molar-refractivity contribution >= 4 is 15.9 Å². The van der Waals surface area contributed by atoms with Gasteiger partial charge in [-0.1, -0.05) is 19.9 Å². The van der Waals surface area contributed by atoms with Crippen LogP contribution in [-0.4, -0.2) is 76.0 Å². The molecular weight excluding hydrogens is 342 g/mol. The molecule has 0 radical (unpaired) electrons. The molecule has 1 aliphatic rings. The van der Waals surface area contributed by atoms with E-state index in [2.05, 4.69) is 10.2 Å². The molecule has 140 valence electrons. The molecule has 2 rings (SSSR count). The average Bonchev–Trinajstić information content (AvgIpc) is 2.63. The molecule has 25 heavy (non-hydrogen) atoms. The second-order valence-electron chi connectivity index (χ2n) is 5.83. The summed E-state index contributed by atoms with van der Waals surface area (Å²) >= 11 is 0. The number of nitrogens with one attached hydrogen (secondary N) is 1. The maximum absolute atomic E-state index is 12.6. The second kappa shape index (κ2) is 9.28. The zero-order valence-electron chi connectivity index (χ0n) is 14.9. The van der Waals surface area contributed by atoms with Gasteiger partial charge < -0.3 is 10.1 Å². The molecule has 0 aromatic heterocycles. The third-order valence-corrected chi connectivity index (χ3v) is 6.30. The fourth-order valence-corrected chi connectivity index (χ4v) is 4.27. The van der Waals surface area contributed by atoms with Crippen molar-refractivity contribution in [1.82, 2.24) is 14.5 Å². The van der Waals surface area contributed by atoms with Gasteiger partial charge in [0.25, 0.3) is 5.91 Å². The number of hydrogen-bond donors (Lipinski definition) is 1. The number of nitrogens with zero attached hydrogens (tertiary/aromatic N) is 2. The molecule has 1 aromatic carbocycles. The fourth-order valence-electron chi connectivity index (χ4n) is 2.76. The lowest BCUT2D eigenvalue weighted by atomic mass is 10.2. The normalized spacial score (nSPS) is 16.1. The molecule has 0 atom stereocenters. The van der Waals surface area contributed by atoms with Crippen molar-refractivity contribution in [3.8, 4) is 0 Å². The fraction of sp³-hybridized carbons (Fsp3) is 0.588. The van der Waals surface area contributed by atoms with E-state index in [1.807, 2.05) is 0 Å². The molecule has 1 fully saturated rings. The van der Waals surface area contributed by atoms with Crippen LogP contribution >= 0.6 is 0 Å². The summed E-state index contributed by atoms with van der Waals surface area (Å²) in [5.74, 6) is -0.259. The van der Waals surface area contributed by atoms with Gasteiger partial charge >= 0.3 is 0 Å². The van der Waals surface area contributed by atoms with Crippen LogP contribution in [0.5, 0.6) is 0 Å². The van der Waals surface area contributed by atoms with Crippen LogP contribution in [0, 0.1) is 0 Å². The van der Waals surface area contributed by atoms with Crippen LogP contribution in [0.15, 0.2) is 29.2 Å². The number of hydrogen-bond acceptors (Lipinski definition) is 5. The van der Waals surface area contributed by atoms with Crippen molar-refractivity contribution < 1.29 is 17.9 Å². The molecule has 0 bridgehead atoms. The monoisotopic (exact) mass is 369 g/mol. The van der Waals surface area contributed by atoms with E-state index in [-0.39, 0.29) is 10.8 Å². The number of rotatable bonds is 8. The van der Waals surface area contributed by atoms with E-state index >= 15 is 0 Å². The van der Waals surface area contributed by atoms with Gasteiger partial charge in [0, 0.05) is 44.8 Å². The first-order valence-electron chi connectivity index (χ1n) is 8.67. The van der Waals surface area contributed by atoms with Gasteiger partial charge in [-0.2, -0.15) is 4.31 Å². The summed E-state index contributed by atoms with van der Waals surface area (Å²) in [6.07, 6.45) is 0. The van der Waals surface area contributed by atoms with E-state index in [1.54, 1.807) is 26.0 Å². The molecule has 0 aliphatic carbocycles. The highest BCUT2D eigenvalue weighted by Crippen LogP contribution is 2.17. The molecule has 1 N–H and O–H groups in total. The summed E-state index contributed by atoms with van der Waals surface area (Å²) in [6.45, 7) is 8.84. The summed E-state index contributed by atoms with van der Waals surface area (Å²) in [4.78, 5) is 14.7. The summed E-state index contributed by atoms with van der Waals surface area (Å²) in [6, 6.07) is 6.20. The number of carbonyl (C=O) groups excluding carboxylic acids is 1. The highest BCUT2D eigenvalue weighted by molar-refractivity contribution is 7.89. The number of sulfonamides is 1. The van der Waals surface area contributed by atoms with Gasteiger partial charge in [-0.05, 0) is 18.2 Å². The molecule has 1 aliphatic heterocycles. The van der Waals surface area contributed by atoms with E-state index < -0.39 is 10.0 Å². The Bertz CT molecular complexity index is 668. The van der Waals surface area contributed by atoms with E-state index in [1.165, 1.54) is 16.4 Å². The van der Waals surface area contributed by atoms with Gasteiger partial charge in [0.1, 0.15) is 0 Å². The van der Waals surface area contributed by atoms with Crippen LogP contribution in [0.25, 0.3) is 0 Å². The number of amides is 1. The Morgan fingerprint density at radius 2 is 1.92 bits per heavy atom. The van der Waals surface area contributed by atoms with Crippen LogP contribution in [-0.2, 0) is 14.8 Å². The third-order valence-electron chi connectivity index (χ3n) is 4.26. The van der Waals surface area contributed by atoms with Crippen molar-refractivity contribution in [2.24, 2.45) is 0 Å². The Morgan fingerprint density at radius 1 is 1.24 bits per heavy atom. The number of benzene rings is 1. The zero-order valence-corrected chi connectivity index (χ0v) is 15.7. The van der Waals surface area contributed by atoms with Crippen LogP contribution in [0.2, 0.25) is 0 Å². The summed E-state index contributed by atoms with van der Waals surface area (Å²) in [5.41, 5.74) is 0.357. The minimum absolute atomic E-state index is 0.150. The van der Waals surface area contributed by atoms with Crippen molar-refractivity contribution in [3.05, 3.63) is 29.8 Å². The molecular formula is C17H27N3O4S. The minimum atomic E-state index is -3.56. The molecule has 1 aromatic rings. The van der Waals surface area contributed by atoms with E-state index in [0.29, 0.717) is 25.2 Å². The number of morpholine rings is 1. The molecule has 0 saturated carbocycles. The van der Waals surface area contributed by atoms with E-state index in [9.17, 15) is 13.2 Å². The molecule has 1 saturated heterocycles. The first kappa shape index (κ1) is 19.8. The molecule has 1 amide bonds. The molecule has 7 nitrogen and oxygen atoms in total. The highest BCUT2D eigenvalue weighted by Gasteiger charge is 2.22. The Balaban J connectivity index is 1.98. The largest absolute Gasteiger partial charge is 0.379 e. The summed E-state index contributed by atoms with van der Waals surface area (Å²) in [5, 5.41) is 2.85. The molecule has 0 spiro atoms. The molecule has 1 heterocycles. The van der Waals surface area contributed by atoms with Crippen molar-refractivity contribution in [2.75, 3.05) is 52.5 Å². The first-order chi connectivity index (χ1) is 12.0. The topological polar surface area (TPSA) is 79.0 Å². The van der Waals surface area contributed by atoms with Gasteiger partial charge in [0.15, 0.2) is 0 Å². The summed E-state index contributed by atoms with van der Waals surface area (Å²) in [7, 11) is -3.56. The SMILES string of the molecule is CCN(CC)S(=O)(=O)c1cccc(C(=O)NCCN2CCOCC2)c1. The Labute approximate surface area is 150 Å². The van der Waals surface area contributed by atoms with E-state index in [4.69, 9.17) is 4.74 Å². The molecule has 0 unspecified atom stereocenters. The predicted octanol–water partition coefficient (Wildman–Crippen LogP) is 0.779. The van der Waals surface area contributed by atoms with Crippen LogP contribution < -0.4 is 5.32 Å². The van der Waals surface area contributed by atoms with Gasteiger partial charge in [0.05, 0.1) is 18.1 Å². The standard InChI is InChI=1S/C17H27N3O4S/c1-3-20(4-2)25(22,23)16-7-5-6-15(14-16)17(21)18-8-9-19-10-12-24-13-11-19/h5-7,14H,3-4,8-13H2,1-2H3,(H,18,21). The third kappa shape index (κ3) is 5.24. The lowest BCUT2D eigenvalue weighted by Crippen LogP contribution is -2.41. The molecule has 8 heteroatoms. The lowest BCUT2D eigenvalue weighted by Gasteiger charge is -2.26. The van der Waals surface area contributed by atoms with Crippen LogP contribution in [0.3, 0.4) is 0 Å². The second-order valence-corrected chi connectivity index (χ2v) is 7.77. The van der Waals surface area contributed by atoms with Gasteiger partial charge in [-0.15, -0.1) is 0 Å². The Morgan fingerprint density at radius 3 is 2.56 bits per heavy atom. The van der Waals surface area contributed by atoms with Gasteiger partial charge in [-0.3, -0.25) is 9.69 Å². The average molecular weight is 369 g/mol. The Hall–Kier alpha value is -1.48. The van der Waals surface area contributed by atoms with Crippen molar-refractivity contribution in [2.45, 2.75) is 18.7 Å². The van der Waals surface area contributed by atoms with Crippen LogP contribution in [0.4, 0.5) is 0 Å². The summed E-state index contributed by atoms with van der Waals surface area (Å²) < 4.78 is 31.8. The zero-order chi connectivity index (χ0) is 18.3. The number of carbonyl (C=O) groups is 1. The maximum Gasteiger partial charge on any atom is 0.251 e. The van der Waals surface area contributed by atoms with E-state index in [0.717, 1.165) is 32.8 Å². The van der Waals surface area contributed by atoms with Gasteiger partial charge in [-0.25, -0.2) is 8.42 Å².